The first kappa shape index (κ1) is 7.05. The number of nitrogen functional groups attached to an aromatic ring is 1. The van der Waals surface area contributed by atoms with Gasteiger partial charge in [-0.25, -0.2) is 10.2 Å². The molecule has 1 aromatic carbocycles. The first-order chi connectivity index (χ1) is 5.81. The van der Waals surface area contributed by atoms with Gasteiger partial charge in [-0.15, -0.1) is 0 Å². The number of nitrogens with one attached hydrogen (secondary N) is 2. The highest BCUT2D eigenvalue weighted by molar-refractivity contribution is 5.89. The van der Waals surface area contributed by atoms with Crippen LogP contribution in [0.3, 0.4) is 0 Å². The lowest BCUT2D eigenvalue weighted by molar-refractivity contribution is 0.630. The molecular weight excluding hydrogens is 159 g/mol. The van der Waals surface area contributed by atoms with Gasteiger partial charge in [0.15, 0.2) is 5.82 Å². The third-order valence-electron chi connectivity index (χ3n) is 1.66. The van der Waals surface area contributed by atoms with Crippen LogP contribution >= 0.6 is 0 Å². The Kier molecular flexibility index (Phi) is 1.44. The first-order valence-electron chi connectivity index (χ1n) is 3.41. The number of hydrogen-bond acceptors (Lipinski definition) is 3. The zero-order valence-electron chi connectivity index (χ0n) is 6.13. The van der Waals surface area contributed by atoms with E-state index in [2.05, 4.69) is 15.6 Å². The second kappa shape index (κ2) is 2.46. The van der Waals surface area contributed by atoms with Gasteiger partial charge in [0.2, 0.25) is 0 Å². The molecule has 5 heteroatoms. The van der Waals surface area contributed by atoms with Crippen LogP contribution in [0.2, 0.25) is 0 Å². The number of nitrogens with zero attached hydrogens (tertiary/aromatic N) is 1. The van der Waals surface area contributed by atoms with Gasteiger partial charge < -0.3 is 5.43 Å². The van der Waals surface area contributed by atoms with Crippen LogP contribution < -0.4 is 11.3 Å². The third kappa shape index (κ3) is 0.911. The molecule has 0 saturated heterocycles. The molecule has 4 N–H and O–H groups in total. The molecule has 0 saturated carbocycles. The Morgan fingerprint density at radius 1 is 1.50 bits per heavy atom. The van der Waals surface area contributed by atoms with Crippen LogP contribution in [0.5, 0.6) is 0 Å². The first-order valence-corrected chi connectivity index (χ1v) is 3.41. The predicted molar refractivity (Wildman–Crippen MR) is 43.9 cm³/mol. The molecule has 0 bridgehead atoms. The molecule has 0 aliphatic rings. The number of H-pyrrole nitrogens is 1. The van der Waals surface area contributed by atoms with E-state index in [1.165, 1.54) is 12.1 Å². The van der Waals surface area contributed by atoms with E-state index in [1.54, 1.807) is 6.07 Å². The summed E-state index contributed by atoms with van der Waals surface area (Å²) in [4.78, 5) is 0. The van der Waals surface area contributed by atoms with Crippen molar-refractivity contribution < 1.29 is 4.39 Å². The number of nitrogens with two attached hydrogens (primary N) is 1. The molecule has 0 unspecified atom stereocenters. The molecule has 1 aromatic heterocycles. The van der Waals surface area contributed by atoms with Crippen LogP contribution in [0.1, 0.15) is 0 Å². The van der Waals surface area contributed by atoms with Gasteiger partial charge in [0.1, 0.15) is 5.82 Å². The third-order valence-corrected chi connectivity index (χ3v) is 1.66. The molecule has 0 atom stereocenters. The highest BCUT2D eigenvalue weighted by Gasteiger charge is 2.03. The van der Waals surface area contributed by atoms with Crippen molar-refractivity contribution in [2.45, 2.75) is 0 Å². The zero-order valence-corrected chi connectivity index (χ0v) is 6.13. The average Bonchev–Trinajstić information content (AvgIpc) is 2.46. The maximum atomic E-state index is 12.7. The Hall–Kier alpha value is -1.62. The Labute approximate surface area is 67.5 Å². The highest BCUT2D eigenvalue weighted by atomic mass is 19.1. The number of benzene rings is 1. The van der Waals surface area contributed by atoms with Crippen LogP contribution in [0.25, 0.3) is 10.9 Å². The predicted octanol–water partition coefficient (Wildman–Crippen LogP) is 0.988. The molecule has 0 aliphatic heterocycles. The summed E-state index contributed by atoms with van der Waals surface area (Å²) >= 11 is 0. The van der Waals surface area contributed by atoms with Gasteiger partial charge in [-0.3, -0.25) is 5.10 Å². The fraction of sp³-hybridized carbons (Fsp3) is 0. The van der Waals surface area contributed by atoms with Gasteiger partial charge in [-0.2, -0.15) is 5.10 Å². The maximum absolute atomic E-state index is 12.7. The van der Waals surface area contributed by atoms with E-state index in [0.717, 1.165) is 5.52 Å². The van der Waals surface area contributed by atoms with Crippen molar-refractivity contribution in [3.05, 3.63) is 24.0 Å². The van der Waals surface area contributed by atoms with Crippen LogP contribution in [-0.4, -0.2) is 10.2 Å². The molecule has 0 amide bonds. The minimum Gasteiger partial charge on any atom is -0.306 e. The van der Waals surface area contributed by atoms with Gasteiger partial charge in [0.05, 0.1) is 5.52 Å². The molecule has 2 aromatic rings. The zero-order chi connectivity index (χ0) is 8.55. The molecule has 0 spiro atoms. The lowest BCUT2D eigenvalue weighted by Gasteiger charge is -1.93. The van der Waals surface area contributed by atoms with Crippen molar-refractivity contribution in [2.75, 3.05) is 5.43 Å². The smallest absolute Gasteiger partial charge is 0.169 e. The monoisotopic (exact) mass is 166 g/mol. The van der Waals surface area contributed by atoms with Crippen molar-refractivity contribution in [3.8, 4) is 0 Å². The quantitative estimate of drug-likeness (QED) is 0.437. The number of fused-ring (bicyclic) bond motifs is 1. The fourth-order valence-electron chi connectivity index (χ4n) is 1.10. The summed E-state index contributed by atoms with van der Waals surface area (Å²) in [6.45, 7) is 0. The normalized spacial score (nSPS) is 10.5. The topological polar surface area (TPSA) is 66.7 Å². The van der Waals surface area contributed by atoms with E-state index in [4.69, 9.17) is 5.84 Å². The number of aromatic amines is 1. The van der Waals surface area contributed by atoms with Gasteiger partial charge in [-0.05, 0) is 18.2 Å². The maximum Gasteiger partial charge on any atom is 0.169 e. The van der Waals surface area contributed by atoms with E-state index in [1.807, 2.05) is 0 Å². The minimum absolute atomic E-state index is 0.305. The minimum atomic E-state index is -0.305. The Bertz CT molecular complexity index is 409. The van der Waals surface area contributed by atoms with E-state index in [9.17, 15) is 4.39 Å². The van der Waals surface area contributed by atoms with Crippen LogP contribution in [0.15, 0.2) is 18.2 Å². The number of rotatable bonds is 1. The molecule has 0 fully saturated rings. The second-order valence-electron chi connectivity index (χ2n) is 2.41. The van der Waals surface area contributed by atoms with E-state index >= 15 is 0 Å². The molecule has 2 rings (SSSR count). The summed E-state index contributed by atoms with van der Waals surface area (Å²) in [5.74, 6) is 5.30. The molecule has 0 radical (unpaired) electrons. The lowest BCUT2D eigenvalue weighted by Crippen LogP contribution is -2.07. The summed E-state index contributed by atoms with van der Waals surface area (Å²) in [6, 6.07) is 4.34. The second-order valence-corrected chi connectivity index (χ2v) is 2.41. The number of aromatic nitrogens is 2. The van der Waals surface area contributed by atoms with E-state index < -0.39 is 0 Å². The summed E-state index contributed by atoms with van der Waals surface area (Å²) in [5.41, 5.74) is 3.12. The summed E-state index contributed by atoms with van der Waals surface area (Å²) in [6.07, 6.45) is 0. The van der Waals surface area contributed by atoms with E-state index in [-0.39, 0.29) is 5.82 Å². The molecule has 12 heavy (non-hydrogen) atoms. The Morgan fingerprint density at radius 3 is 3.08 bits per heavy atom. The molecule has 62 valence electrons. The molecular formula is C7H7FN4. The van der Waals surface area contributed by atoms with Crippen molar-refractivity contribution in [3.63, 3.8) is 0 Å². The van der Waals surface area contributed by atoms with Crippen LogP contribution in [0, 0.1) is 5.82 Å². The van der Waals surface area contributed by atoms with Gasteiger partial charge in [-0.1, -0.05) is 0 Å². The SMILES string of the molecule is NNc1n[nH]c2ccc(F)cc12. The highest BCUT2D eigenvalue weighted by Crippen LogP contribution is 2.19. The number of hydrogen-bond donors (Lipinski definition) is 3. The summed E-state index contributed by atoms with van der Waals surface area (Å²) < 4.78 is 12.7. The number of hydrazine groups is 1. The molecule has 4 nitrogen and oxygen atoms in total. The van der Waals surface area contributed by atoms with Gasteiger partial charge >= 0.3 is 0 Å². The van der Waals surface area contributed by atoms with Gasteiger partial charge in [0, 0.05) is 5.39 Å². The molecule has 1 heterocycles. The lowest BCUT2D eigenvalue weighted by atomic mass is 10.2. The Balaban J connectivity index is 2.75. The molecule has 0 aliphatic carbocycles. The van der Waals surface area contributed by atoms with Gasteiger partial charge in [0.25, 0.3) is 0 Å². The van der Waals surface area contributed by atoms with Crippen molar-refractivity contribution >= 4 is 16.7 Å². The fourth-order valence-corrected chi connectivity index (χ4v) is 1.10. The average molecular weight is 166 g/mol. The number of halogens is 1. The van der Waals surface area contributed by atoms with Crippen LogP contribution in [0.4, 0.5) is 10.2 Å². The van der Waals surface area contributed by atoms with Crippen molar-refractivity contribution in [1.82, 2.24) is 10.2 Å². The number of anilines is 1. The van der Waals surface area contributed by atoms with Crippen molar-refractivity contribution in [2.24, 2.45) is 5.84 Å². The van der Waals surface area contributed by atoms with Crippen LogP contribution in [-0.2, 0) is 0 Å². The standard InChI is InChI=1S/C7H7FN4/c8-4-1-2-6-5(3-4)7(10-9)12-11-6/h1-3H,9H2,(H2,10,11,12). The summed E-state index contributed by atoms with van der Waals surface area (Å²) in [5, 5.41) is 7.18. The Morgan fingerprint density at radius 2 is 2.33 bits per heavy atom. The largest absolute Gasteiger partial charge is 0.306 e. The summed E-state index contributed by atoms with van der Waals surface area (Å²) in [7, 11) is 0. The van der Waals surface area contributed by atoms with Crippen molar-refractivity contribution in [1.29, 1.82) is 0 Å². The van der Waals surface area contributed by atoms with E-state index in [0.29, 0.717) is 11.2 Å².